The molecule has 0 radical (unpaired) electrons. The standard InChI is InChI=1S/C12H13BrFN3OS/c1-2-5-15-7-11-16-17-12(19-11)18-8-3-4-9(13)10(14)6-8/h3-4,6,15H,2,5,7H2,1H3. The molecule has 0 aliphatic carbocycles. The summed E-state index contributed by atoms with van der Waals surface area (Å²) in [5, 5.41) is 12.4. The van der Waals surface area contributed by atoms with E-state index < -0.39 is 0 Å². The Labute approximate surface area is 123 Å². The predicted octanol–water partition coefficient (Wildman–Crippen LogP) is 3.73. The minimum atomic E-state index is -0.369. The zero-order chi connectivity index (χ0) is 13.7. The lowest BCUT2D eigenvalue weighted by molar-refractivity contribution is 0.467. The van der Waals surface area contributed by atoms with Crippen LogP contribution in [0.4, 0.5) is 4.39 Å². The highest BCUT2D eigenvalue weighted by Crippen LogP contribution is 2.27. The molecule has 0 saturated carbocycles. The molecule has 0 saturated heterocycles. The Hall–Kier alpha value is -1.05. The van der Waals surface area contributed by atoms with Gasteiger partial charge in [-0.2, -0.15) is 0 Å². The van der Waals surface area contributed by atoms with Crippen LogP contribution in [0.2, 0.25) is 0 Å². The minimum Gasteiger partial charge on any atom is -0.430 e. The average molecular weight is 346 g/mol. The van der Waals surface area contributed by atoms with Crippen LogP contribution < -0.4 is 10.1 Å². The summed E-state index contributed by atoms with van der Waals surface area (Å²) in [6.07, 6.45) is 1.07. The van der Waals surface area contributed by atoms with Crippen LogP contribution in [0.5, 0.6) is 10.9 Å². The molecule has 2 aromatic rings. The molecule has 2 rings (SSSR count). The summed E-state index contributed by atoms with van der Waals surface area (Å²) in [5.74, 6) is 0.0387. The minimum absolute atomic E-state index is 0.369. The first-order chi connectivity index (χ1) is 9.19. The smallest absolute Gasteiger partial charge is 0.299 e. The van der Waals surface area contributed by atoms with Gasteiger partial charge in [-0.3, -0.25) is 0 Å². The molecule has 1 N–H and O–H groups in total. The Morgan fingerprint density at radius 3 is 3.00 bits per heavy atom. The van der Waals surface area contributed by atoms with Crippen molar-refractivity contribution in [3.05, 3.63) is 33.5 Å². The van der Waals surface area contributed by atoms with Crippen molar-refractivity contribution in [2.24, 2.45) is 0 Å². The van der Waals surface area contributed by atoms with E-state index in [1.54, 1.807) is 12.1 Å². The molecular formula is C12H13BrFN3OS. The van der Waals surface area contributed by atoms with E-state index in [9.17, 15) is 4.39 Å². The second-order valence-corrected chi connectivity index (χ2v) is 5.70. The van der Waals surface area contributed by atoms with Crippen molar-refractivity contribution in [3.8, 4) is 10.9 Å². The zero-order valence-electron chi connectivity index (χ0n) is 10.3. The first-order valence-electron chi connectivity index (χ1n) is 5.85. The molecule has 0 unspecified atom stereocenters. The van der Waals surface area contributed by atoms with Gasteiger partial charge in [-0.1, -0.05) is 23.4 Å². The maximum atomic E-state index is 13.3. The van der Waals surface area contributed by atoms with Crippen molar-refractivity contribution in [3.63, 3.8) is 0 Å². The molecule has 0 spiro atoms. The van der Waals surface area contributed by atoms with Crippen molar-refractivity contribution in [2.75, 3.05) is 6.54 Å². The van der Waals surface area contributed by atoms with Crippen LogP contribution >= 0.6 is 27.3 Å². The van der Waals surface area contributed by atoms with E-state index in [2.05, 4.69) is 38.4 Å². The van der Waals surface area contributed by atoms with Crippen LogP contribution in [0.15, 0.2) is 22.7 Å². The molecule has 1 aromatic heterocycles. The molecule has 0 aliphatic rings. The van der Waals surface area contributed by atoms with Crippen LogP contribution in [-0.4, -0.2) is 16.7 Å². The van der Waals surface area contributed by atoms with E-state index in [0.717, 1.165) is 18.0 Å². The Kier molecular flexibility index (Phi) is 5.24. The van der Waals surface area contributed by atoms with Gasteiger partial charge in [0.25, 0.3) is 5.19 Å². The molecule has 1 aromatic carbocycles. The predicted molar refractivity (Wildman–Crippen MR) is 76.1 cm³/mol. The van der Waals surface area contributed by atoms with Gasteiger partial charge in [-0.05, 0) is 41.0 Å². The lowest BCUT2D eigenvalue weighted by Gasteiger charge is -2.01. The SMILES string of the molecule is CCCNCc1nnc(Oc2ccc(Br)c(F)c2)s1. The summed E-state index contributed by atoms with van der Waals surface area (Å²) in [6, 6.07) is 4.57. The number of hydrogen-bond donors (Lipinski definition) is 1. The van der Waals surface area contributed by atoms with Crippen molar-refractivity contribution < 1.29 is 9.13 Å². The molecule has 1 heterocycles. The highest BCUT2D eigenvalue weighted by Gasteiger charge is 2.07. The topological polar surface area (TPSA) is 47.0 Å². The fourth-order valence-electron chi connectivity index (χ4n) is 1.36. The number of aromatic nitrogens is 2. The second kappa shape index (κ2) is 6.93. The quantitative estimate of drug-likeness (QED) is 0.810. The third-order valence-corrected chi connectivity index (χ3v) is 3.69. The number of halogens is 2. The summed E-state index contributed by atoms with van der Waals surface area (Å²) in [7, 11) is 0. The number of nitrogens with one attached hydrogen (secondary N) is 1. The van der Waals surface area contributed by atoms with Crippen LogP contribution in [0.3, 0.4) is 0 Å². The van der Waals surface area contributed by atoms with E-state index in [1.165, 1.54) is 17.4 Å². The third kappa shape index (κ3) is 4.22. The molecule has 19 heavy (non-hydrogen) atoms. The highest BCUT2D eigenvalue weighted by atomic mass is 79.9. The maximum absolute atomic E-state index is 13.3. The van der Waals surface area contributed by atoms with Gasteiger partial charge >= 0.3 is 0 Å². The van der Waals surface area contributed by atoms with Gasteiger partial charge in [0.05, 0.1) is 4.47 Å². The first-order valence-corrected chi connectivity index (χ1v) is 7.46. The van der Waals surface area contributed by atoms with E-state index in [4.69, 9.17) is 4.74 Å². The van der Waals surface area contributed by atoms with Gasteiger partial charge in [0.15, 0.2) is 0 Å². The van der Waals surface area contributed by atoms with Crippen LogP contribution in [0, 0.1) is 5.82 Å². The van der Waals surface area contributed by atoms with E-state index in [0.29, 0.717) is 22.0 Å². The van der Waals surface area contributed by atoms with Gasteiger partial charge in [0, 0.05) is 12.6 Å². The van der Waals surface area contributed by atoms with Crippen LogP contribution in [0.1, 0.15) is 18.4 Å². The first kappa shape index (κ1) is 14.4. The number of rotatable bonds is 6. The summed E-state index contributed by atoms with van der Waals surface area (Å²) in [4.78, 5) is 0. The number of benzene rings is 1. The average Bonchev–Trinajstić information content (AvgIpc) is 2.82. The maximum Gasteiger partial charge on any atom is 0.299 e. The highest BCUT2D eigenvalue weighted by molar-refractivity contribution is 9.10. The van der Waals surface area contributed by atoms with Gasteiger partial charge in [0.1, 0.15) is 16.6 Å². The number of nitrogens with zero attached hydrogens (tertiary/aromatic N) is 2. The van der Waals surface area contributed by atoms with Crippen molar-refractivity contribution >= 4 is 27.3 Å². The summed E-state index contributed by atoms with van der Waals surface area (Å²) >= 11 is 4.44. The molecule has 0 aliphatic heterocycles. The molecule has 7 heteroatoms. The Morgan fingerprint density at radius 2 is 2.26 bits per heavy atom. The normalized spacial score (nSPS) is 10.7. The largest absolute Gasteiger partial charge is 0.430 e. The fourth-order valence-corrected chi connectivity index (χ4v) is 2.29. The number of hydrogen-bond acceptors (Lipinski definition) is 5. The summed E-state index contributed by atoms with van der Waals surface area (Å²) < 4.78 is 19.2. The van der Waals surface area contributed by atoms with E-state index in [-0.39, 0.29) is 5.82 Å². The molecule has 0 fully saturated rings. The molecule has 0 atom stereocenters. The molecule has 0 bridgehead atoms. The number of ether oxygens (including phenoxy) is 1. The van der Waals surface area contributed by atoms with Crippen LogP contribution in [-0.2, 0) is 6.54 Å². The van der Waals surface area contributed by atoms with Crippen molar-refractivity contribution in [1.29, 1.82) is 0 Å². The Bertz CT molecular complexity index is 550. The van der Waals surface area contributed by atoms with Gasteiger partial charge < -0.3 is 10.1 Å². The van der Waals surface area contributed by atoms with Gasteiger partial charge in [0.2, 0.25) is 0 Å². The van der Waals surface area contributed by atoms with Crippen molar-refractivity contribution in [2.45, 2.75) is 19.9 Å². The molecule has 0 amide bonds. The summed E-state index contributed by atoms with van der Waals surface area (Å²) in [6.45, 7) is 3.71. The molecule has 4 nitrogen and oxygen atoms in total. The molecular weight excluding hydrogens is 333 g/mol. The van der Waals surface area contributed by atoms with E-state index in [1.807, 2.05) is 0 Å². The summed E-state index contributed by atoms with van der Waals surface area (Å²) in [5.41, 5.74) is 0. The lowest BCUT2D eigenvalue weighted by atomic mass is 10.3. The fraction of sp³-hybridized carbons (Fsp3) is 0.333. The van der Waals surface area contributed by atoms with Gasteiger partial charge in [-0.15, -0.1) is 5.10 Å². The Balaban J connectivity index is 1.97. The lowest BCUT2D eigenvalue weighted by Crippen LogP contribution is -2.13. The van der Waals surface area contributed by atoms with Crippen LogP contribution in [0.25, 0.3) is 0 Å². The third-order valence-electron chi connectivity index (χ3n) is 2.25. The Morgan fingerprint density at radius 1 is 1.42 bits per heavy atom. The second-order valence-electron chi connectivity index (χ2n) is 3.82. The zero-order valence-corrected chi connectivity index (χ0v) is 12.7. The van der Waals surface area contributed by atoms with E-state index >= 15 is 0 Å². The monoisotopic (exact) mass is 345 g/mol. The van der Waals surface area contributed by atoms with Gasteiger partial charge in [-0.25, -0.2) is 4.39 Å². The molecule has 102 valence electrons. The van der Waals surface area contributed by atoms with Crippen molar-refractivity contribution in [1.82, 2.24) is 15.5 Å².